The van der Waals surface area contributed by atoms with Crippen LogP contribution in [0, 0.1) is 40.4 Å². The Morgan fingerprint density at radius 2 is 1.84 bits per heavy atom. The van der Waals surface area contributed by atoms with Crippen molar-refractivity contribution in [3.63, 3.8) is 0 Å². The lowest BCUT2D eigenvalue weighted by atomic mass is 9.46. The monoisotopic (exact) mass is 427 g/mol. The fourth-order valence-corrected chi connectivity index (χ4v) is 7.83. The molecule has 1 amide bonds. The third kappa shape index (κ3) is 3.71. The first-order valence-corrected chi connectivity index (χ1v) is 12.4. The smallest absolute Gasteiger partial charge is 0.257 e. The summed E-state index contributed by atoms with van der Waals surface area (Å²) < 4.78 is 0. The van der Waals surface area contributed by atoms with E-state index in [1.165, 1.54) is 31.3 Å². The number of carbonyl (C=O) groups excluding carboxylic acids is 2. The second kappa shape index (κ2) is 8.13. The molecule has 4 rings (SSSR count). The summed E-state index contributed by atoms with van der Waals surface area (Å²) in [4.78, 5) is 24.5. The number of carbonyl (C=O) groups is 2. The van der Waals surface area contributed by atoms with Gasteiger partial charge >= 0.3 is 0 Å². The number of allylic oxidation sites excluding steroid dienone is 2. The third-order valence-corrected chi connectivity index (χ3v) is 9.80. The highest BCUT2D eigenvalue weighted by Crippen LogP contribution is 2.66. The molecule has 3 saturated carbocycles. The molecule has 172 valence electrons. The number of hydrogen-bond donors (Lipinski definition) is 2. The fourth-order valence-electron chi connectivity index (χ4n) is 7.83. The van der Waals surface area contributed by atoms with Crippen LogP contribution >= 0.6 is 0 Å². The van der Waals surface area contributed by atoms with E-state index in [1.807, 2.05) is 20.8 Å². The molecule has 5 nitrogen and oxygen atoms in total. The van der Waals surface area contributed by atoms with Gasteiger partial charge in [0.25, 0.3) is 5.91 Å². The van der Waals surface area contributed by atoms with Gasteiger partial charge in [-0.05, 0) is 98.9 Å². The van der Waals surface area contributed by atoms with Crippen LogP contribution in [0.25, 0.3) is 0 Å². The molecule has 4 aliphatic rings. The highest BCUT2D eigenvalue weighted by Gasteiger charge is 2.59. The largest absolute Gasteiger partial charge is 0.320 e. The molecule has 0 saturated heterocycles. The first kappa shape index (κ1) is 22.7. The van der Waals surface area contributed by atoms with Crippen molar-refractivity contribution in [2.24, 2.45) is 51.3 Å². The van der Waals surface area contributed by atoms with Crippen LogP contribution in [0.4, 0.5) is 0 Å². The number of Topliss-reactive ketones (excluding diaryl/α,β-unsaturated/α-hetero) is 1. The molecule has 0 heterocycles. The van der Waals surface area contributed by atoms with Gasteiger partial charge in [-0.15, -0.1) is 0 Å². The molecule has 3 fully saturated rings. The number of rotatable bonds is 4. The average Bonchev–Trinajstić information content (AvgIpc) is 3.08. The Kier molecular flexibility index (Phi) is 5.95. The predicted octanol–water partition coefficient (Wildman–Crippen LogP) is 4.61. The van der Waals surface area contributed by atoms with E-state index in [4.69, 9.17) is 5.73 Å². The van der Waals surface area contributed by atoms with Gasteiger partial charge in [0.1, 0.15) is 5.78 Å². The molecule has 0 aliphatic heterocycles. The first-order valence-electron chi connectivity index (χ1n) is 12.4. The standard InChI is InChI=1S/C26H41N3O2/c1-15(2)23(27)24(31)29-28-18-10-12-25(4)17(14-18)6-7-19-21-9-8-20(16(3)30)26(21,5)13-11-22(19)25/h14-15,19-23H,6-13,27H2,1-5H3,(H,29,31). The molecule has 31 heavy (non-hydrogen) atoms. The Morgan fingerprint density at radius 3 is 2.52 bits per heavy atom. The number of hydrogen-bond acceptors (Lipinski definition) is 4. The first-order chi connectivity index (χ1) is 14.6. The van der Waals surface area contributed by atoms with Gasteiger partial charge in [-0.1, -0.05) is 33.3 Å². The molecule has 0 bridgehead atoms. The quantitative estimate of drug-likeness (QED) is 0.643. The molecule has 4 aliphatic carbocycles. The van der Waals surface area contributed by atoms with Gasteiger partial charge in [0.2, 0.25) is 0 Å². The lowest BCUT2D eigenvalue weighted by Crippen LogP contribution is -2.51. The fraction of sp³-hybridized carbons (Fsp3) is 0.808. The van der Waals surface area contributed by atoms with Crippen LogP contribution in [0.3, 0.4) is 0 Å². The molecule has 0 spiro atoms. The molecule has 7 unspecified atom stereocenters. The number of ketones is 1. The topological polar surface area (TPSA) is 84.5 Å². The number of fused-ring (bicyclic) bond motifs is 5. The summed E-state index contributed by atoms with van der Waals surface area (Å²) in [5.41, 5.74) is 11.6. The summed E-state index contributed by atoms with van der Waals surface area (Å²) in [6, 6.07) is -0.525. The van der Waals surface area contributed by atoms with E-state index in [-0.39, 0.29) is 28.6 Å². The van der Waals surface area contributed by atoms with E-state index in [0.29, 0.717) is 17.6 Å². The molecule has 0 radical (unpaired) electrons. The van der Waals surface area contributed by atoms with Gasteiger partial charge in [-0.2, -0.15) is 5.10 Å². The Bertz CT molecular complexity index is 815. The third-order valence-electron chi connectivity index (χ3n) is 9.80. The van der Waals surface area contributed by atoms with E-state index in [9.17, 15) is 9.59 Å². The SMILES string of the molecule is CC(=O)C1CCC2C3CCC4=CC(=NNC(=O)C(N)C(C)C)CCC4(C)C3CCC12C. The summed E-state index contributed by atoms with van der Waals surface area (Å²) in [6.45, 7) is 10.6. The van der Waals surface area contributed by atoms with Crippen LogP contribution in [0.2, 0.25) is 0 Å². The maximum Gasteiger partial charge on any atom is 0.257 e. The number of nitrogens with zero attached hydrogens (tertiary/aromatic N) is 1. The predicted molar refractivity (Wildman–Crippen MR) is 124 cm³/mol. The van der Waals surface area contributed by atoms with Crippen LogP contribution in [-0.2, 0) is 9.59 Å². The normalized spacial score (nSPS) is 41.8. The number of hydrazone groups is 1. The summed E-state index contributed by atoms with van der Waals surface area (Å²) >= 11 is 0. The number of nitrogens with one attached hydrogen (secondary N) is 1. The Labute approximate surface area is 187 Å². The summed E-state index contributed by atoms with van der Waals surface area (Å²) in [7, 11) is 0. The minimum absolute atomic E-state index is 0.0960. The van der Waals surface area contributed by atoms with E-state index >= 15 is 0 Å². The van der Waals surface area contributed by atoms with Gasteiger partial charge in [-0.3, -0.25) is 9.59 Å². The van der Waals surface area contributed by atoms with Gasteiger partial charge in [0.05, 0.1) is 11.8 Å². The van der Waals surface area contributed by atoms with Crippen LogP contribution in [0.15, 0.2) is 16.8 Å². The van der Waals surface area contributed by atoms with Crippen molar-refractivity contribution in [3.05, 3.63) is 11.6 Å². The van der Waals surface area contributed by atoms with Crippen molar-refractivity contribution in [1.29, 1.82) is 0 Å². The molecule has 0 aromatic rings. The highest BCUT2D eigenvalue weighted by atomic mass is 16.2. The zero-order chi connectivity index (χ0) is 22.6. The molecule has 5 heteroatoms. The Morgan fingerprint density at radius 1 is 1.10 bits per heavy atom. The molecule has 7 atom stereocenters. The zero-order valence-corrected chi connectivity index (χ0v) is 20.0. The number of nitrogens with two attached hydrogens (primary N) is 1. The van der Waals surface area contributed by atoms with E-state index in [0.717, 1.165) is 37.3 Å². The molecule has 3 N–H and O–H groups in total. The van der Waals surface area contributed by atoms with Crippen LogP contribution in [-0.4, -0.2) is 23.4 Å². The Balaban J connectivity index is 1.51. The van der Waals surface area contributed by atoms with E-state index in [1.54, 1.807) is 0 Å². The van der Waals surface area contributed by atoms with Crippen LogP contribution in [0.1, 0.15) is 86.0 Å². The lowest BCUT2D eigenvalue weighted by molar-refractivity contribution is -0.127. The molecular formula is C26H41N3O2. The van der Waals surface area contributed by atoms with Crippen molar-refractivity contribution in [2.75, 3.05) is 0 Å². The van der Waals surface area contributed by atoms with Gasteiger partial charge < -0.3 is 5.73 Å². The second-order valence-electron chi connectivity index (χ2n) is 11.6. The van der Waals surface area contributed by atoms with Crippen LogP contribution < -0.4 is 11.2 Å². The summed E-state index contributed by atoms with van der Waals surface area (Å²) in [6.07, 6.45) is 11.4. The van der Waals surface area contributed by atoms with Crippen molar-refractivity contribution < 1.29 is 9.59 Å². The van der Waals surface area contributed by atoms with Crippen LogP contribution in [0.5, 0.6) is 0 Å². The molecule has 0 aromatic heterocycles. The van der Waals surface area contributed by atoms with Gasteiger partial charge in [0.15, 0.2) is 0 Å². The molecular weight excluding hydrogens is 386 g/mol. The zero-order valence-electron chi connectivity index (χ0n) is 20.0. The van der Waals surface area contributed by atoms with E-state index < -0.39 is 6.04 Å². The minimum Gasteiger partial charge on any atom is -0.320 e. The average molecular weight is 428 g/mol. The Hall–Kier alpha value is -1.49. The molecule has 0 aromatic carbocycles. The number of amides is 1. The van der Waals surface area contributed by atoms with Crippen molar-refractivity contribution in [3.8, 4) is 0 Å². The second-order valence-corrected chi connectivity index (χ2v) is 11.6. The maximum atomic E-state index is 12.3. The van der Waals surface area contributed by atoms with Gasteiger partial charge in [0, 0.05) is 5.92 Å². The minimum atomic E-state index is -0.525. The lowest BCUT2D eigenvalue weighted by Gasteiger charge is -2.58. The van der Waals surface area contributed by atoms with E-state index in [2.05, 4.69) is 30.5 Å². The van der Waals surface area contributed by atoms with Crippen molar-refractivity contribution in [1.82, 2.24) is 5.43 Å². The summed E-state index contributed by atoms with van der Waals surface area (Å²) in [5.74, 6) is 2.72. The van der Waals surface area contributed by atoms with Crippen molar-refractivity contribution in [2.45, 2.75) is 92.0 Å². The van der Waals surface area contributed by atoms with Gasteiger partial charge in [-0.25, -0.2) is 5.43 Å². The highest BCUT2D eigenvalue weighted by molar-refractivity contribution is 5.97. The van der Waals surface area contributed by atoms with Crippen molar-refractivity contribution >= 4 is 17.4 Å². The summed E-state index contributed by atoms with van der Waals surface area (Å²) in [5, 5.41) is 4.43. The maximum absolute atomic E-state index is 12.3.